The van der Waals surface area contributed by atoms with E-state index in [0.717, 1.165) is 11.1 Å². The lowest BCUT2D eigenvalue weighted by molar-refractivity contribution is 0.0528. The Bertz CT molecular complexity index is 708. The summed E-state index contributed by atoms with van der Waals surface area (Å²) in [5.41, 5.74) is 1.77. The molecule has 2 rings (SSSR count). The lowest BCUT2D eigenvalue weighted by Crippen LogP contribution is -2.33. The van der Waals surface area contributed by atoms with Crippen molar-refractivity contribution in [1.29, 1.82) is 0 Å². The van der Waals surface area contributed by atoms with Crippen molar-refractivity contribution >= 4 is 17.7 Å². The quantitative estimate of drug-likeness (QED) is 0.822. The molecule has 0 aliphatic heterocycles. The van der Waals surface area contributed by atoms with Crippen LogP contribution in [0.1, 0.15) is 26.3 Å². The molecule has 0 atom stereocenters. The van der Waals surface area contributed by atoms with Crippen LogP contribution < -0.4 is 5.32 Å². The lowest BCUT2D eigenvalue weighted by atomic mass is 10.0. The fourth-order valence-electron chi connectivity index (χ4n) is 2.19. The highest BCUT2D eigenvalue weighted by Crippen LogP contribution is 2.26. The SMILES string of the molecule is CC(C)(C)OC(=O)NCCc1ccc(-c2cc(Cl)ccc2F)cc1. The van der Waals surface area contributed by atoms with Crippen molar-refractivity contribution < 1.29 is 13.9 Å². The minimum Gasteiger partial charge on any atom is -0.444 e. The maximum absolute atomic E-state index is 13.9. The van der Waals surface area contributed by atoms with E-state index in [1.165, 1.54) is 12.1 Å². The number of rotatable bonds is 4. The summed E-state index contributed by atoms with van der Waals surface area (Å²) in [5.74, 6) is -0.307. The average Bonchev–Trinajstić information content (AvgIpc) is 2.49. The van der Waals surface area contributed by atoms with Gasteiger partial charge in [0.2, 0.25) is 0 Å². The minimum absolute atomic E-state index is 0.307. The van der Waals surface area contributed by atoms with Gasteiger partial charge in [-0.1, -0.05) is 35.9 Å². The molecule has 24 heavy (non-hydrogen) atoms. The van der Waals surface area contributed by atoms with Crippen molar-refractivity contribution in [2.24, 2.45) is 0 Å². The molecule has 128 valence electrons. The van der Waals surface area contributed by atoms with Crippen LogP contribution in [-0.4, -0.2) is 18.2 Å². The summed E-state index contributed by atoms with van der Waals surface area (Å²) in [5, 5.41) is 3.21. The van der Waals surface area contributed by atoms with Crippen LogP contribution in [0, 0.1) is 5.82 Å². The van der Waals surface area contributed by atoms with Gasteiger partial charge in [-0.05, 0) is 56.5 Å². The Hall–Kier alpha value is -2.07. The number of carbonyl (C=O) groups is 1. The molecule has 0 aliphatic rings. The number of alkyl carbamates (subject to hydrolysis) is 1. The Labute approximate surface area is 146 Å². The summed E-state index contributed by atoms with van der Waals surface area (Å²) < 4.78 is 19.0. The van der Waals surface area contributed by atoms with Gasteiger partial charge in [0, 0.05) is 17.1 Å². The van der Waals surface area contributed by atoms with Crippen LogP contribution in [0.15, 0.2) is 42.5 Å². The first-order valence-corrected chi connectivity index (χ1v) is 8.13. The van der Waals surface area contributed by atoms with Crippen molar-refractivity contribution in [2.75, 3.05) is 6.54 Å². The van der Waals surface area contributed by atoms with E-state index in [9.17, 15) is 9.18 Å². The average molecular weight is 350 g/mol. The van der Waals surface area contributed by atoms with E-state index in [1.807, 2.05) is 45.0 Å². The fraction of sp³-hybridized carbons (Fsp3) is 0.316. The summed E-state index contributed by atoms with van der Waals surface area (Å²) in [4.78, 5) is 11.6. The van der Waals surface area contributed by atoms with Crippen LogP contribution in [0.25, 0.3) is 11.1 Å². The van der Waals surface area contributed by atoms with Crippen LogP contribution in [0.2, 0.25) is 5.02 Å². The zero-order chi connectivity index (χ0) is 17.7. The molecular weight excluding hydrogens is 329 g/mol. The van der Waals surface area contributed by atoms with Gasteiger partial charge in [-0.25, -0.2) is 9.18 Å². The van der Waals surface area contributed by atoms with Gasteiger partial charge in [-0.3, -0.25) is 0 Å². The molecule has 2 aromatic carbocycles. The smallest absolute Gasteiger partial charge is 0.407 e. The number of amides is 1. The van der Waals surface area contributed by atoms with Crippen LogP contribution in [0.4, 0.5) is 9.18 Å². The van der Waals surface area contributed by atoms with Crippen molar-refractivity contribution in [2.45, 2.75) is 32.8 Å². The maximum atomic E-state index is 13.9. The molecule has 0 heterocycles. The zero-order valence-electron chi connectivity index (χ0n) is 14.0. The first-order valence-electron chi connectivity index (χ1n) is 7.76. The van der Waals surface area contributed by atoms with Crippen LogP contribution in [-0.2, 0) is 11.2 Å². The van der Waals surface area contributed by atoms with Crippen LogP contribution in [0.5, 0.6) is 0 Å². The second kappa shape index (κ2) is 7.67. The Morgan fingerprint density at radius 1 is 1.17 bits per heavy atom. The van der Waals surface area contributed by atoms with E-state index < -0.39 is 11.7 Å². The van der Waals surface area contributed by atoms with E-state index in [-0.39, 0.29) is 5.82 Å². The third-order valence-electron chi connectivity index (χ3n) is 3.28. The highest BCUT2D eigenvalue weighted by molar-refractivity contribution is 6.30. The molecule has 0 bridgehead atoms. The lowest BCUT2D eigenvalue weighted by Gasteiger charge is -2.19. The van der Waals surface area contributed by atoms with Crippen LogP contribution >= 0.6 is 11.6 Å². The molecule has 1 N–H and O–H groups in total. The van der Waals surface area contributed by atoms with Gasteiger partial charge in [0.25, 0.3) is 0 Å². The van der Waals surface area contributed by atoms with E-state index in [4.69, 9.17) is 16.3 Å². The van der Waals surface area contributed by atoms with Crippen LogP contribution in [0.3, 0.4) is 0 Å². The summed E-state index contributed by atoms with van der Waals surface area (Å²) in [6, 6.07) is 12.0. The Morgan fingerprint density at radius 3 is 2.46 bits per heavy atom. The number of ether oxygens (including phenoxy) is 1. The monoisotopic (exact) mass is 349 g/mol. The molecule has 0 saturated heterocycles. The molecule has 0 spiro atoms. The van der Waals surface area contributed by atoms with Crippen molar-refractivity contribution in [1.82, 2.24) is 5.32 Å². The standard InChI is InChI=1S/C19H21ClFNO2/c1-19(2,3)24-18(23)22-11-10-13-4-6-14(7-5-13)16-12-15(20)8-9-17(16)21/h4-9,12H,10-11H2,1-3H3,(H,22,23). The normalized spacial score (nSPS) is 11.2. The Morgan fingerprint density at radius 2 is 1.83 bits per heavy atom. The first-order chi connectivity index (χ1) is 11.2. The predicted molar refractivity (Wildman–Crippen MR) is 94.8 cm³/mol. The number of halogens is 2. The first kappa shape index (κ1) is 18.3. The molecule has 3 nitrogen and oxygen atoms in total. The molecule has 2 aromatic rings. The van der Waals surface area contributed by atoms with E-state index >= 15 is 0 Å². The second-order valence-corrected chi connectivity index (χ2v) is 6.94. The highest BCUT2D eigenvalue weighted by Gasteiger charge is 2.15. The molecule has 0 saturated carbocycles. The largest absolute Gasteiger partial charge is 0.444 e. The molecule has 0 aromatic heterocycles. The summed E-state index contributed by atoms with van der Waals surface area (Å²) in [7, 11) is 0. The molecule has 0 fully saturated rings. The molecule has 0 aliphatic carbocycles. The number of nitrogens with one attached hydrogen (secondary N) is 1. The van der Waals surface area contributed by atoms with E-state index in [0.29, 0.717) is 23.6 Å². The number of hydrogen-bond donors (Lipinski definition) is 1. The summed E-state index contributed by atoms with van der Waals surface area (Å²) >= 11 is 5.92. The van der Waals surface area contributed by atoms with Gasteiger partial charge in [-0.2, -0.15) is 0 Å². The van der Waals surface area contributed by atoms with Crippen molar-refractivity contribution in [3.63, 3.8) is 0 Å². The molecule has 0 unspecified atom stereocenters. The summed E-state index contributed by atoms with van der Waals surface area (Å²) in [6.07, 6.45) is 0.234. The molecule has 5 heteroatoms. The number of benzene rings is 2. The zero-order valence-corrected chi connectivity index (χ0v) is 14.8. The topological polar surface area (TPSA) is 38.3 Å². The van der Waals surface area contributed by atoms with Gasteiger partial charge in [0.05, 0.1) is 0 Å². The number of carbonyl (C=O) groups excluding carboxylic acids is 1. The predicted octanol–water partition coefficient (Wildman–Crippen LogP) is 5.21. The minimum atomic E-state index is -0.507. The molecular formula is C19H21ClFNO2. The van der Waals surface area contributed by atoms with Gasteiger partial charge in [0.1, 0.15) is 11.4 Å². The molecule has 0 radical (unpaired) electrons. The van der Waals surface area contributed by atoms with Gasteiger partial charge in [-0.15, -0.1) is 0 Å². The third-order valence-corrected chi connectivity index (χ3v) is 3.51. The third kappa shape index (κ3) is 5.53. The maximum Gasteiger partial charge on any atom is 0.407 e. The summed E-state index contributed by atoms with van der Waals surface area (Å²) in [6.45, 7) is 5.93. The van der Waals surface area contributed by atoms with Crippen molar-refractivity contribution in [3.05, 3.63) is 58.9 Å². The van der Waals surface area contributed by atoms with Gasteiger partial charge in [0.15, 0.2) is 0 Å². The van der Waals surface area contributed by atoms with Gasteiger partial charge < -0.3 is 10.1 Å². The van der Waals surface area contributed by atoms with Crippen molar-refractivity contribution in [3.8, 4) is 11.1 Å². The Balaban J connectivity index is 1.93. The Kier molecular flexibility index (Phi) is 5.84. The van der Waals surface area contributed by atoms with E-state index in [2.05, 4.69) is 5.32 Å². The highest BCUT2D eigenvalue weighted by atomic mass is 35.5. The fourth-order valence-corrected chi connectivity index (χ4v) is 2.36. The van der Waals surface area contributed by atoms with Gasteiger partial charge >= 0.3 is 6.09 Å². The van der Waals surface area contributed by atoms with E-state index in [1.54, 1.807) is 6.07 Å². The number of hydrogen-bond acceptors (Lipinski definition) is 2. The second-order valence-electron chi connectivity index (χ2n) is 6.50. The molecule has 1 amide bonds.